The maximum atomic E-state index is 11.2. The highest BCUT2D eigenvalue weighted by molar-refractivity contribution is 7.90. The molecular weight excluding hydrogens is 286 g/mol. The van der Waals surface area contributed by atoms with Crippen molar-refractivity contribution in [2.24, 2.45) is 0 Å². The van der Waals surface area contributed by atoms with Gasteiger partial charge in [-0.05, 0) is 13.0 Å². The molecule has 1 atom stereocenters. The van der Waals surface area contributed by atoms with Gasteiger partial charge in [0.1, 0.15) is 15.4 Å². The zero-order valence-corrected chi connectivity index (χ0v) is 11.7. The molecule has 0 bridgehead atoms. The van der Waals surface area contributed by atoms with Gasteiger partial charge in [-0.25, -0.2) is 8.42 Å². The quantitative estimate of drug-likeness (QED) is 0.658. The molecule has 0 saturated carbocycles. The van der Waals surface area contributed by atoms with E-state index >= 15 is 0 Å². The molecule has 0 saturated heterocycles. The normalized spacial score (nSPS) is 13.3. The van der Waals surface area contributed by atoms with E-state index < -0.39 is 14.8 Å². The van der Waals surface area contributed by atoms with Crippen LogP contribution < -0.4 is 5.32 Å². The van der Waals surface area contributed by atoms with Gasteiger partial charge in [-0.15, -0.1) is 0 Å². The third kappa shape index (κ3) is 3.44. The lowest BCUT2D eigenvalue weighted by Crippen LogP contribution is -2.25. The molecule has 0 amide bonds. The van der Waals surface area contributed by atoms with E-state index in [2.05, 4.69) is 10.3 Å². The third-order valence-electron chi connectivity index (χ3n) is 2.51. The number of hydrogen-bond donors (Lipinski definition) is 1. The lowest BCUT2D eigenvalue weighted by Gasteiger charge is -2.09. The summed E-state index contributed by atoms with van der Waals surface area (Å²) in [4.78, 5) is 14.2. The first-order valence-electron chi connectivity index (χ1n) is 5.74. The number of nitro groups is 1. The lowest BCUT2D eigenvalue weighted by atomic mass is 10.3. The first-order valence-corrected chi connectivity index (χ1v) is 7.80. The molecule has 0 aliphatic rings. The Morgan fingerprint density at radius 2 is 2.20 bits per heavy atom. The molecule has 20 heavy (non-hydrogen) atoms. The van der Waals surface area contributed by atoms with E-state index in [1.54, 1.807) is 6.92 Å². The number of nitro benzene ring substituents is 1. The van der Waals surface area contributed by atoms with Crippen LogP contribution in [0, 0.1) is 10.1 Å². The fourth-order valence-corrected chi connectivity index (χ4v) is 2.79. The molecule has 2 aromatic rings. The topological polar surface area (TPSA) is 115 Å². The second-order valence-electron chi connectivity index (χ2n) is 4.57. The van der Waals surface area contributed by atoms with Gasteiger partial charge in [-0.1, -0.05) is 0 Å². The van der Waals surface area contributed by atoms with Gasteiger partial charge in [-0.3, -0.25) is 10.1 Å². The minimum atomic E-state index is -3.11. The highest BCUT2D eigenvalue weighted by atomic mass is 32.2. The molecule has 0 aliphatic heterocycles. The number of benzene rings is 1. The van der Waals surface area contributed by atoms with Crippen LogP contribution in [0.25, 0.3) is 11.1 Å². The summed E-state index contributed by atoms with van der Waals surface area (Å²) < 4.78 is 27.6. The van der Waals surface area contributed by atoms with E-state index in [1.165, 1.54) is 18.2 Å². The minimum absolute atomic E-state index is 0.0636. The van der Waals surface area contributed by atoms with Crippen LogP contribution in [0.15, 0.2) is 22.6 Å². The second kappa shape index (κ2) is 5.08. The first-order chi connectivity index (χ1) is 9.24. The van der Waals surface area contributed by atoms with Crippen molar-refractivity contribution >= 4 is 32.6 Å². The molecule has 8 nitrogen and oxygen atoms in total. The van der Waals surface area contributed by atoms with Crippen molar-refractivity contribution in [1.82, 2.24) is 4.98 Å². The highest BCUT2D eigenvalue weighted by Gasteiger charge is 2.15. The molecule has 1 N–H and O–H groups in total. The van der Waals surface area contributed by atoms with E-state index in [-0.39, 0.29) is 29.1 Å². The molecule has 0 fully saturated rings. The van der Waals surface area contributed by atoms with Gasteiger partial charge in [0.05, 0.1) is 16.7 Å². The van der Waals surface area contributed by atoms with Crippen molar-refractivity contribution in [2.75, 3.05) is 17.3 Å². The summed E-state index contributed by atoms with van der Waals surface area (Å²) in [5, 5.41) is 13.5. The Morgan fingerprint density at radius 1 is 1.50 bits per heavy atom. The number of aromatic nitrogens is 1. The van der Waals surface area contributed by atoms with Crippen molar-refractivity contribution in [3.05, 3.63) is 28.3 Å². The maximum absolute atomic E-state index is 11.2. The SMILES string of the molecule is CC(CS(C)(=O)=O)Nc1nc2ccc([N+](=O)[O-])cc2o1. The first kappa shape index (κ1) is 14.3. The number of nitrogens with one attached hydrogen (secondary N) is 1. The molecule has 0 aliphatic carbocycles. The molecule has 0 radical (unpaired) electrons. The summed E-state index contributed by atoms with van der Waals surface area (Å²) in [5.74, 6) is -0.0636. The average Bonchev–Trinajstić information content (AvgIpc) is 2.66. The Labute approximate surface area is 114 Å². The maximum Gasteiger partial charge on any atom is 0.295 e. The summed E-state index contributed by atoms with van der Waals surface area (Å²) in [6, 6.07) is 3.83. The van der Waals surface area contributed by atoms with Gasteiger partial charge < -0.3 is 9.73 Å². The second-order valence-corrected chi connectivity index (χ2v) is 6.75. The van der Waals surface area contributed by atoms with Crippen LogP contribution >= 0.6 is 0 Å². The Bertz CT molecular complexity index is 753. The van der Waals surface area contributed by atoms with E-state index in [1.807, 2.05) is 0 Å². The van der Waals surface area contributed by atoms with Gasteiger partial charge in [0, 0.05) is 18.4 Å². The van der Waals surface area contributed by atoms with E-state index in [0.717, 1.165) is 6.26 Å². The highest BCUT2D eigenvalue weighted by Crippen LogP contribution is 2.23. The fraction of sp³-hybridized carbons (Fsp3) is 0.364. The van der Waals surface area contributed by atoms with Crippen molar-refractivity contribution in [2.45, 2.75) is 13.0 Å². The summed E-state index contributed by atoms with van der Waals surface area (Å²) in [5.41, 5.74) is 0.641. The van der Waals surface area contributed by atoms with E-state index in [4.69, 9.17) is 4.42 Å². The number of fused-ring (bicyclic) bond motifs is 1. The zero-order chi connectivity index (χ0) is 14.9. The molecular formula is C11H13N3O5S. The standard InChI is InChI=1S/C11H13N3O5S/c1-7(6-20(2,17)18)12-11-13-9-4-3-8(14(15)16)5-10(9)19-11/h3-5,7H,6H2,1-2H3,(H,12,13). The van der Waals surface area contributed by atoms with Crippen molar-refractivity contribution in [1.29, 1.82) is 0 Å². The number of rotatable bonds is 5. The van der Waals surface area contributed by atoms with Crippen LogP contribution in [0.3, 0.4) is 0 Å². The Hall–Kier alpha value is -2.16. The summed E-state index contributed by atoms with van der Waals surface area (Å²) >= 11 is 0. The summed E-state index contributed by atoms with van der Waals surface area (Å²) in [7, 11) is -3.11. The molecule has 9 heteroatoms. The molecule has 1 aromatic carbocycles. The number of anilines is 1. The predicted molar refractivity (Wildman–Crippen MR) is 73.5 cm³/mol. The number of non-ortho nitro benzene ring substituents is 1. The van der Waals surface area contributed by atoms with Gasteiger partial charge in [-0.2, -0.15) is 4.98 Å². The van der Waals surface area contributed by atoms with Crippen LogP contribution in [0.4, 0.5) is 11.7 Å². The third-order valence-corrected chi connectivity index (χ3v) is 3.61. The number of oxazole rings is 1. The number of nitrogens with zero attached hydrogens (tertiary/aromatic N) is 2. The minimum Gasteiger partial charge on any atom is -0.423 e. The summed E-state index contributed by atoms with van der Waals surface area (Å²) in [6.07, 6.45) is 1.14. The lowest BCUT2D eigenvalue weighted by molar-refractivity contribution is -0.384. The largest absolute Gasteiger partial charge is 0.423 e. The van der Waals surface area contributed by atoms with Crippen molar-refractivity contribution in [3.8, 4) is 0 Å². The van der Waals surface area contributed by atoms with E-state index in [9.17, 15) is 18.5 Å². The molecule has 1 aromatic heterocycles. The molecule has 2 rings (SSSR count). The molecule has 108 valence electrons. The molecule has 1 unspecified atom stereocenters. The Kier molecular flexibility index (Phi) is 3.62. The van der Waals surface area contributed by atoms with Gasteiger partial charge >= 0.3 is 0 Å². The van der Waals surface area contributed by atoms with Crippen LogP contribution in [0.1, 0.15) is 6.92 Å². The number of hydrogen-bond acceptors (Lipinski definition) is 7. The Balaban J connectivity index is 2.21. The average molecular weight is 299 g/mol. The Morgan fingerprint density at radius 3 is 2.80 bits per heavy atom. The monoisotopic (exact) mass is 299 g/mol. The summed E-state index contributed by atoms with van der Waals surface area (Å²) in [6.45, 7) is 1.68. The van der Waals surface area contributed by atoms with Crippen molar-refractivity contribution < 1.29 is 17.8 Å². The van der Waals surface area contributed by atoms with E-state index in [0.29, 0.717) is 5.52 Å². The van der Waals surface area contributed by atoms with Gasteiger partial charge in [0.15, 0.2) is 5.58 Å². The number of sulfone groups is 1. The van der Waals surface area contributed by atoms with Crippen LogP contribution in [-0.2, 0) is 9.84 Å². The van der Waals surface area contributed by atoms with Gasteiger partial charge in [0.2, 0.25) is 0 Å². The van der Waals surface area contributed by atoms with Crippen LogP contribution in [0.5, 0.6) is 0 Å². The molecule has 0 spiro atoms. The fourth-order valence-electron chi connectivity index (χ4n) is 1.80. The smallest absolute Gasteiger partial charge is 0.295 e. The van der Waals surface area contributed by atoms with Crippen LogP contribution in [-0.4, -0.2) is 36.4 Å². The van der Waals surface area contributed by atoms with Crippen LogP contribution in [0.2, 0.25) is 0 Å². The van der Waals surface area contributed by atoms with Crippen molar-refractivity contribution in [3.63, 3.8) is 0 Å². The zero-order valence-electron chi connectivity index (χ0n) is 10.9. The van der Waals surface area contributed by atoms with Gasteiger partial charge in [0.25, 0.3) is 11.7 Å². The predicted octanol–water partition coefficient (Wildman–Crippen LogP) is 1.58. The molecule has 1 heterocycles.